The highest BCUT2D eigenvalue weighted by Crippen LogP contribution is 2.31. The number of hydrogen-bond donors (Lipinski definition) is 1. The van der Waals surface area contributed by atoms with E-state index in [0.717, 1.165) is 32.6 Å². The number of halogens is 2. The predicted octanol–water partition coefficient (Wildman–Crippen LogP) is 6.69. The van der Waals surface area contributed by atoms with E-state index in [1.54, 1.807) is 18.2 Å². The first-order valence-corrected chi connectivity index (χ1v) is 9.48. The highest BCUT2D eigenvalue weighted by Gasteiger charge is 2.13. The summed E-state index contributed by atoms with van der Waals surface area (Å²) < 4.78 is 20.8. The quantitative estimate of drug-likeness (QED) is 0.465. The van der Waals surface area contributed by atoms with Crippen LogP contribution in [0.2, 0.25) is 0 Å². The summed E-state index contributed by atoms with van der Waals surface area (Å²) in [6.07, 6.45) is 7.49. The molecule has 0 aliphatic rings. The van der Waals surface area contributed by atoms with Gasteiger partial charge in [-0.2, -0.15) is 5.10 Å². The molecule has 0 spiro atoms. The monoisotopic (exact) mass is 438 g/mol. The van der Waals surface area contributed by atoms with Crippen LogP contribution in [-0.4, -0.2) is 17.3 Å². The van der Waals surface area contributed by atoms with Crippen LogP contribution in [0.15, 0.2) is 53.5 Å². The summed E-state index contributed by atoms with van der Waals surface area (Å²) in [5, 5.41) is 7.34. The smallest absolute Gasteiger partial charge is 0.134 e. The molecule has 5 heteroatoms. The number of nitrogens with one attached hydrogen (secondary N) is 1. The molecule has 0 radical (unpaired) electrons. The first-order chi connectivity index (χ1) is 13.5. The van der Waals surface area contributed by atoms with Crippen molar-refractivity contribution in [3.8, 4) is 5.75 Å². The van der Waals surface area contributed by atoms with Gasteiger partial charge in [-0.1, -0.05) is 46.8 Å². The molecule has 0 amide bonds. The lowest BCUT2D eigenvalue weighted by Gasteiger charge is -2.10. The van der Waals surface area contributed by atoms with Crippen molar-refractivity contribution in [2.24, 2.45) is 0 Å². The van der Waals surface area contributed by atoms with E-state index in [9.17, 15) is 4.39 Å². The van der Waals surface area contributed by atoms with Crippen LogP contribution < -0.4 is 4.74 Å². The standard InChI is InChI=1S/C23H20BrFN2O/c1-4-20-18(14-15(2)23-19(25)6-5-7-22(23)28-3)21(27-26-20)13-10-16-8-11-17(24)12-9-16/h4-14H,1H2,2-3H3,(H,26,27)/b13-10+,15-14+. The number of hydrogen-bond acceptors (Lipinski definition) is 2. The van der Waals surface area contributed by atoms with E-state index in [1.165, 1.54) is 13.2 Å². The third-order valence-corrected chi connectivity index (χ3v) is 4.85. The molecule has 0 saturated carbocycles. The highest BCUT2D eigenvalue weighted by molar-refractivity contribution is 9.10. The van der Waals surface area contributed by atoms with E-state index in [0.29, 0.717) is 11.3 Å². The van der Waals surface area contributed by atoms with Gasteiger partial charge in [0.15, 0.2) is 0 Å². The average Bonchev–Trinajstić information content (AvgIpc) is 3.08. The van der Waals surface area contributed by atoms with E-state index >= 15 is 0 Å². The van der Waals surface area contributed by atoms with Gasteiger partial charge >= 0.3 is 0 Å². The van der Waals surface area contributed by atoms with Gasteiger partial charge in [0.25, 0.3) is 0 Å². The molecule has 3 rings (SSSR count). The molecular formula is C23H20BrFN2O. The Morgan fingerprint density at radius 1 is 1.18 bits per heavy atom. The first-order valence-electron chi connectivity index (χ1n) is 8.69. The molecule has 3 aromatic rings. The molecule has 1 heterocycles. The summed E-state index contributed by atoms with van der Waals surface area (Å²) >= 11 is 3.43. The third kappa shape index (κ3) is 4.31. The molecule has 142 valence electrons. The van der Waals surface area contributed by atoms with Gasteiger partial charge in [-0.25, -0.2) is 4.39 Å². The molecule has 0 fully saturated rings. The number of allylic oxidation sites excluding steroid dienone is 1. The molecule has 0 aliphatic heterocycles. The fourth-order valence-electron chi connectivity index (χ4n) is 2.91. The topological polar surface area (TPSA) is 37.9 Å². The predicted molar refractivity (Wildman–Crippen MR) is 118 cm³/mol. The number of benzene rings is 2. The van der Waals surface area contributed by atoms with Crippen molar-refractivity contribution in [1.82, 2.24) is 10.2 Å². The molecule has 2 aromatic carbocycles. The van der Waals surface area contributed by atoms with Gasteiger partial charge in [0.05, 0.1) is 24.1 Å². The second-order valence-corrected chi connectivity index (χ2v) is 7.09. The van der Waals surface area contributed by atoms with Crippen LogP contribution in [0.3, 0.4) is 0 Å². The van der Waals surface area contributed by atoms with Gasteiger partial charge in [0.1, 0.15) is 11.6 Å². The van der Waals surface area contributed by atoms with Gasteiger partial charge in [-0.3, -0.25) is 5.10 Å². The van der Waals surface area contributed by atoms with E-state index in [-0.39, 0.29) is 5.82 Å². The Morgan fingerprint density at radius 2 is 1.93 bits per heavy atom. The number of methoxy groups -OCH3 is 1. The summed E-state index contributed by atoms with van der Waals surface area (Å²) in [5.41, 5.74) is 4.57. The van der Waals surface area contributed by atoms with E-state index in [4.69, 9.17) is 4.74 Å². The second kappa shape index (κ2) is 8.85. The van der Waals surface area contributed by atoms with Crippen LogP contribution >= 0.6 is 15.9 Å². The normalized spacial score (nSPS) is 11.8. The number of aromatic nitrogens is 2. The Balaban J connectivity index is 2.02. The maximum absolute atomic E-state index is 14.4. The van der Waals surface area contributed by atoms with Crippen LogP contribution in [0.5, 0.6) is 5.75 Å². The molecule has 0 aliphatic carbocycles. The Labute approximate surface area is 172 Å². The number of H-pyrrole nitrogens is 1. The number of nitrogens with zero attached hydrogens (tertiary/aromatic N) is 1. The van der Waals surface area contributed by atoms with Gasteiger partial charge in [-0.15, -0.1) is 0 Å². The lowest BCUT2D eigenvalue weighted by atomic mass is 10.0. The van der Waals surface area contributed by atoms with Crippen molar-refractivity contribution in [1.29, 1.82) is 0 Å². The van der Waals surface area contributed by atoms with Gasteiger partial charge in [0, 0.05) is 10.0 Å². The molecule has 1 N–H and O–H groups in total. The Kier molecular flexibility index (Phi) is 6.26. The third-order valence-electron chi connectivity index (χ3n) is 4.32. The molecule has 3 nitrogen and oxygen atoms in total. The van der Waals surface area contributed by atoms with Gasteiger partial charge in [0.2, 0.25) is 0 Å². The van der Waals surface area contributed by atoms with E-state index in [2.05, 4.69) is 32.7 Å². The fraction of sp³-hybridized carbons (Fsp3) is 0.0870. The minimum absolute atomic E-state index is 0.330. The van der Waals surface area contributed by atoms with Crippen molar-refractivity contribution < 1.29 is 9.13 Å². The van der Waals surface area contributed by atoms with E-state index in [1.807, 2.05) is 49.4 Å². The average molecular weight is 439 g/mol. The van der Waals surface area contributed by atoms with Crippen LogP contribution in [0.1, 0.15) is 35.0 Å². The lowest BCUT2D eigenvalue weighted by molar-refractivity contribution is 0.409. The zero-order valence-electron chi connectivity index (χ0n) is 15.7. The van der Waals surface area contributed by atoms with Crippen molar-refractivity contribution in [2.75, 3.05) is 7.11 Å². The maximum atomic E-state index is 14.4. The summed E-state index contributed by atoms with van der Waals surface area (Å²) in [4.78, 5) is 0. The molecule has 28 heavy (non-hydrogen) atoms. The molecule has 0 bridgehead atoms. The van der Waals surface area contributed by atoms with Crippen molar-refractivity contribution >= 4 is 45.8 Å². The largest absolute Gasteiger partial charge is 0.496 e. The maximum Gasteiger partial charge on any atom is 0.134 e. The Morgan fingerprint density at radius 3 is 2.61 bits per heavy atom. The summed E-state index contributed by atoms with van der Waals surface area (Å²) in [6.45, 7) is 5.69. The van der Waals surface area contributed by atoms with E-state index < -0.39 is 0 Å². The highest BCUT2D eigenvalue weighted by atomic mass is 79.9. The fourth-order valence-corrected chi connectivity index (χ4v) is 3.17. The van der Waals surface area contributed by atoms with Gasteiger partial charge < -0.3 is 4.74 Å². The lowest BCUT2D eigenvalue weighted by Crippen LogP contribution is -1.94. The molecule has 0 atom stereocenters. The summed E-state index contributed by atoms with van der Waals surface area (Å²) in [7, 11) is 1.53. The number of aromatic amines is 1. The Hall–Kier alpha value is -2.92. The SMILES string of the molecule is C=Cc1[nH]nc(/C=C/c2ccc(Br)cc2)c1/C=C(\C)c1c(F)cccc1OC. The summed E-state index contributed by atoms with van der Waals surface area (Å²) in [6, 6.07) is 12.8. The Bertz CT molecular complexity index is 1050. The minimum atomic E-state index is -0.330. The minimum Gasteiger partial charge on any atom is -0.496 e. The molecular weight excluding hydrogens is 419 g/mol. The molecule has 0 saturated heterocycles. The van der Waals surface area contributed by atoms with Crippen LogP contribution in [-0.2, 0) is 0 Å². The van der Waals surface area contributed by atoms with Crippen LogP contribution in [0.4, 0.5) is 4.39 Å². The van der Waals surface area contributed by atoms with Crippen molar-refractivity contribution in [3.05, 3.63) is 87.4 Å². The zero-order valence-corrected chi connectivity index (χ0v) is 17.3. The van der Waals surface area contributed by atoms with Crippen molar-refractivity contribution in [2.45, 2.75) is 6.92 Å². The van der Waals surface area contributed by atoms with Crippen LogP contribution in [0, 0.1) is 5.82 Å². The molecule has 1 aromatic heterocycles. The van der Waals surface area contributed by atoms with Crippen molar-refractivity contribution in [3.63, 3.8) is 0 Å². The molecule has 0 unspecified atom stereocenters. The first kappa shape index (κ1) is 19.8. The van der Waals surface area contributed by atoms with Crippen LogP contribution in [0.25, 0.3) is 29.9 Å². The zero-order chi connectivity index (χ0) is 20.1. The van der Waals surface area contributed by atoms with Gasteiger partial charge in [-0.05, 0) is 60.6 Å². The second-order valence-electron chi connectivity index (χ2n) is 6.17. The number of rotatable bonds is 6. The number of ether oxygens (including phenoxy) is 1. The summed E-state index contributed by atoms with van der Waals surface area (Å²) in [5.74, 6) is 0.160.